The first-order valence-electron chi connectivity index (χ1n) is 19.5. The summed E-state index contributed by atoms with van der Waals surface area (Å²) in [6.45, 7) is 5.72. The van der Waals surface area contributed by atoms with Crippen LogP contribution < -0.4 is 26.4 Å². The van der Waals surface area contributed by atoms with E-state index in [0.717, 1.165) is 10.8 Å². The summed E-state index contributed by atoms with van der Waals surface area (Å²) >= 11 is 0. The molecule has 7 aromatic rings. The first kappa shape index (κ1) is 52.9. The van der Waals surface area contributed by atoms with Gasteiger partial charge in [0.1, 0.15) is 58.3 Å². The number of hydrogen-bond acceptors (Lipinski definition) is 3. The normalized spacial score (nSPS) is 11.8. The topological polar surface area (TPSA) is 47.3 Å². The van der Waals surface area contributed by atoms with Crippen LogP contribution in [0.5, 0.6) is 0 Å². The van der Waals surface area contributed by atoms with Gasteiger partial charge >= 0.3 is 5.97 Å². The largest absolute Gasteiger partial charge is 0.456 e. The summed E-state index contributed by atoms with van der Waals surface area (Å²) in [6.07, 6.45) is -3.36. The van der Waals surface area contributed by atoms with Gasteiger partial charge in [-0.2, -0.15) is 4.57 Å². The van der Waals surface area contributed by atoms with Gasteiger partial charge in [0, 0.05) is 17.0 Å². The third kappa shape index (κ3) is 9.00. The van der Waals surface area contributed by atoms with Crippen molar-refractivity contribution in [2.24, 2.45) is 0 Å². The zero-order valence-electron chi connectivity index (χ0n) is 35.4. The molecular formula is C46H22BF20NO3. The Bertz CT molecular complexity index is 2960. The molecule has 71 heavy (non-hydrogen) atoms. The van der Waals surface area contributed by atoms with Gasteiger partial charge < -0.3 is 4.74 Å². The lowest BCUT2D eigenvalue weighted by atomic mass is 9.12. The van der Waals surface area contributed by atoms with E-state index in [-0.39, 0.29) is 18.3 Å². The molecule has 0 fully saturated rings. The molecule has 0 bridgehead atoms. The van der Waals surface area contributed by atoms with E-state index < -0.39 is 150 Å². The molecule has 0 saturated heterocycles. The van der Waals surface area contributed by atoms with Gasteiger partial charge in [0.05, 0.1) is 5.56 Å². The summed E-state index contributed by atoms with van der Waals surface area (Å²) in [5.41, 5.74) is -13.9. The highest BCUT2D eigenvalue weighted by Gasteiger charge is 2.52. The van der Waals surface area contributed by atoms with Crippen LogP contribution in [0.1, 0.15) is 41.5 Å². The van der Waals surface area contributed by atoms with Crippen LogP contribution in [0.4, 0.5) is 87.8 Å². The molecule has 0 spiro atoms. The lowest BCUT2D eigenvalue weighted by Gasteiger charge is -2.44. The first-order valence-corrected chi connectivity index (χ1v) is 19.5. The number of ketones is 1. The fourth-order valence-electron chi connectivity index (χ4n) is 7.54. The highest BCUT2D eigenvalue weighted by Crippen LogP contribution is 2.31. The van der Waals surface area contributed by atoms with Gasteiger partial charge in [-0.1, -0.05) is 30.3 Å². The number of ether oxygens (including phenoxy) is 1. The number of esters is 1. The number of aromatic nitrogens is 1. The van der Waals surface area contributed by atoms with Gasteiger partial charge in [-0.15, -0.1) is 21.9 Å². The van der Waals surface area contributed by atoms with Crippen molar-refractivity contribution in [1.29, 1.82) is 0 Å². The lowest BCUT2D eigenvalue weighted by molar-refractivity contribution is -0.681. The third-order valence-corrected chi connectivity index (χ3v) is 10.6. The van der Waals surface area contributed by atoms with Crippen LogP contribution in [0.25, 0.3) is 10.8 Å². The molecule has 0 aliphatic heterocycles. The zero-order chi connectivity index (χ0) is 53.1. The Hall–Kier alpha value is -7.47. The molecule has 4 nitrogen and oxygen atoms in total. The second-order valence-corrected chi connectivity index (χ2v) is 16.0. The molecule has 25 heteroatoms. The SMILES string of the molecule is CC(C)(C)OC(=O)c1ccc(C(=O)C[n+]2ccc3ccccc3c2)cc1.Fc1c(F)c(F)c([B-](c2c(F)c(F)c(F)c(F)c2F)(c2c(F)c(F)c(F)c(F)c2F)c2c(F)c(F)c(F)c(F)c2F)c(F)c1F. The third-order valence-electron chi connectivity index (χ3n) is 10.6. The van der Waals surface area contributed by atoms with Crippen molar-refractivity contribution < 1.29 is 107 Å². The highest BCUT2D eigenvalue weighted by molar-refractivity contribution is 7.20. The van der Waals surface area contributed by atoms with Gasteiger partial charge in [0.15, 0.2) is 82.2 Å². The molecule has 0 radical (unpaired) electrons. The number of benzene rings is 6. The van der Waals surface area contributed by atoms with Gasteiger partial charge in [0.25, 0.3) is 0 Å². The summed E-state index contributed by atoms with van der Waals surface area (Å²) < 4.78 is 301. The van der Waals surface area contributed by atoms with E-state index in [1.165, 1.54) is 0 Å². The minimum absolute atomic E-state index is 0.0129. The number of fused-ring (bicyclic) bond motifs is 1. The summed E-state index contributed by atoms with van der Waals surface area (Å²) in [4.78, 5) is 24.6. The van der Waals surface area contributed by atoms with Crippen molar-refractivity contribution in [2.45, 2.75) is 32.9 Å². The Kier molecular flexibility index (Phi) is 14.4. The van der Waals surface area contributed by atoms with E-state index in [9.17, 15) is 62.3 Å². The molecule has 0 amide bonds. The molecule has 1 heterocycles. The molecule has 0 unspecified atom stereocenters. The Morgan fingerprint density at radius 1 is 0.408 bits per heavy atom. The van der Waals surface area contributed by atoms with Gasteiger partial charge in [-0.25, -0.2) is 92.6 Å². The minimum atomic E-state index is -7.22. The van der Waals surface area contributed by atoms with E-state index in [4.69, 9.17) is 4.74 Å². The number of carbonyl (C=O) groups is 2. The Balaban J connectivity index is 0.000000268. The lowest BCUT2D eigenvalue weighted by Crippen LogP contribution is -2.81. The number of pyridine rings is 1. The van der Waals surface area contributed by atoms with Gasteiger partial charge in [-0.3, -0.25) is 4.79 Å². The van der Waals surface area contributed by atoms with Crippen LogP contribution in [0.2, 0.25) is 0 Å². The van der Waals surface area contributed by atoms with Crippen molar-refractivity contribution in [1.82, 2.24) is 0 Å². The van der Waals surface area contributed by atoms with Crippen molar-refractivity contribution in [2.75, 3.05) is 0 Å². The summed E-state index contributed by atoms with van der Waals surface area (Å²) in [5, 5.41) is 2.22. The van der Waals surface area contributed by atoms with Gasteiger partial charge in [-0.05, 0) is 44.4 Å². The van der Waals surface area contributed by atoms with E-state index in [1.54, 1.807) is 24.3 Å². The average Bonchev–Trinajstić information content (AvgIpc) is 3.33. The van der Waals surface area contributed by atoms with E-state index >= 15 is 35.1 Å². The smallest absolute Gasteiger partial charge is 0.338 e. The quantitative estimate of drug-likeness (QED) is 0.0290. The fraction of sp³-hybridized carbons (Fsp3) is 0.109. The van der Waals surface area contributed by atoms with E-state index in [1.807, 2.05) is 68.1 Å². The second kappa shape index (κ2) is 19.4. The van der Waals surface area contributed by atoms with Crippen LogP contribution in [0, 0.1) is 116 Å². The number of rotatable bonds is 8. The van der Waals surface area contributed by atoms with Crippen molar-refractivity contribution in [3.05, 3.63) is 194 Å². The molecule has 0 saturated carbocycles. The maximum absolute atomic E-state index is 15.4. The molecule has 7 rings (SSSR count). The number of Topliss-reactive ketones (excluding diaryl/α,β-unsaturated/α-hetero) is 1. The molecule has 0 aliphatic rings. The Morgan fingerprint density at radius 3 is 1.00 bits per heavy atom. The summed E-state index contributed by atoms with van der Waals surface area (Å²) in [5.74, 6) is -71.8. The fourth-order valence-corrected chi connectivity index (χ4v) is 7.54. The number of carbonyl (C=O) groups excluding carboxylic acids is 2. The highest BCUT2D eigenvalue weighted by atomic mass is 19.2. The summed E-state index contributed by atoms with van der Waals surface area (Å²) in [6, 6.07) is 16.6. The minimum Gasteiger partial charge on any atom is -0.456 e. The Morgan fingerprint density at radius 2 is 0.690 bits per heavy atom. The number of halogens is 20. The molecule has 1 aromatic heterocycles. The second-order valence-electron chi connectivity index (χ2n) is 16.0. The number of hydrogen-bond donors (Lipinski definition) is 0. The van der Waals surface area contributed by atoms with Crippen molar-refractivity contribution >= 4 is 50.5 Å². The standard InChI is InChI=1S/C24BF20.C22H22NO3/c26-5-1(6(27)14(35)21(42)13(5)34)25(2-7(28)15(36)22(43)16(37)8(2)29,3-9(30)17(38)23(44)18(39)10(3)31)4-11(32)19(40)24(45)20(41)12(4)33;1-22(2,3)26-21(25)18-10-8-17(9-11-18)20(24)15-23-13-12-16-6-4-5-7-19(16)14-23/h;4-14H,15H2,1-3H3/q-1;+1. The van der Waals surface area contributed by atoms with Crippen LogP contribution in [0.15, 0.2) is 67.0 Å². The maximum Gasteiger partial charge on any atom is 0.338 e. The van der Waals surface area contributed by atoms with E-state index in [0.29, 0.717) is 11.1 Å². The van der Waals surface area contributed by atoms with Crippen LogP contribution >= 0.6 is 0 Å². The van der Waals surface area contributed by atoms with E-state index in [2.05, 4.69) is 0 Å². The summed E-state index contributed by atoms with van der Waals surface area (Å²) in [7, 11) is 0. The molecule has 6 aromatic carbocycles. The molecule has 372 valence electrons. The van der Waals surface area contributed by atoms with Crippen LogP contribution in [0.3, 0.4) is 0 Å². The van der Waals surface area contributed by atoms with Crippen molar-refractivity contribution in [3.63, 3.8) is 0 Å². The molecule has 0 aliphatic carbocycles. The predicted octanol–water partition coefficient (Wildman–Crippen LogP) is 9.81. The maximum atomic E-state index is 15.4. The zero-order valence-corrected chi connectivity index (χ0v) is 35.4. The predicted molar refractivity (Wildman–Crippen MR) is 209 cm³/mol. The molecular weight excluding hydrogens is 1010 g/mol. The monoisotopic (exact) mass is 1030 g/mol. The van der Waals surface area contributed by atoms with Gasteiger partial charge in [0.2, 0.25) is 12.3 Å². The molecule has 0 atom stereocenters. The number of nitrogens with zero attached hydrogens (tertiary/aromatic N) is 1. The van der Waals surface area contributed by atoms with Crippen LogP contribution in [-0.2, 0) is 11.3 Å². The first-order chi connectivity index (χ1) is 33.0. The Labute approximate surface area is 384 Å². The van der Waals surface area contributed by atoms with Crippen LogP contribution in [-0.4, -0.2) is 23.5 Å². The molecule has 0 N–H and O–H groups in total. The van der Waals surface area contributed by atoms with Crippen molar-refractivity contribution in [3.8, 4) is 0 Å². The average molecular weight is 1030 g/mol.